The largest absolute Gasteiger partial charge is 0.391 e. The fraction of sp³-hybridized carbons (Fsp3) is 0.304. The summed E-state index contributed by atoms with van der Waals surface area (Å²) in [6.45, 7) is 0.348. The van der Waals surface area contributed by atoms with Crippen LogP contribution in [0.25, 0.3) is 10.9 Å². The molecule has 2 unspecified atom stereocenters. The highest BCUT2D eigenvalue weighted by Gasteiger charge is 2.27. The molecule has 1 fully saturated rings. The van der Waals surface area contributed by atoms with Gasteiger partial charge in [-0.2, -0.15) is 0 Å². The monoisotopic (exact) mass is 409 g/mol. The number of nitrogens with one attached hydrogen (secondary N) is 1. The SMILES string of the molecule is NC(=O)c1cccc(Cn2cc(C(=O)NC3CCCCC3O)c3c(F)cccc32)c1. The van der Waals surface area contributed by atoms with Gasteiger partial charge in [0.25, 0.3) is 5.91 Å². The third-order valence-corrected chi connectivity index (χ3v) is 5.71. The Kier molecular flexibility index (Phi) is 5.55. The van der Waals surface area contributed by atoms with Gasteiger partial charge in [0.2, 0.25) is 5.91 Å². The number of primary amides is 1. The standard InChI is InChI=1S/C23H24FN3O3/c24-17-7-4-9-19-21(17)16(23(30)26-18-8-1-2-10-20(18)28)13-27(19)12-14-5-3-6-15(11-14)22(25)29/h3-7,9,11,13,18,20,28H,1-2,8,10,12H2,(H2,25,29)(H,26,30). The van der Waals surface area contributed by atoms with Crippen molar-refractivity contribution in [1.82, 2.24) is 9.88 Å². The Morgan fingerprint density at radius 3 is 2.70 bits per heavy atom. The van der Waals surface area contributed by atoms with E-state index in [0.717, 1.165) is 18.4 Å². The van der Waals surface area contributed by atoms with Crippen molar-refractivity contribution in [3.05, 3.63) is 71.2 Å². The van der Waals surface area contributed by atoms with E-state index in [2.05, 4.69) is 5.32 Å². The molecule has 0 bridgehead atoms. The first kappa shape index (κ1) is 20.1. The first-order valence-electron chi connectivity index (χ1n) is 10.1. The van der Waals surface area contributed by atoms with Crippen molar-refractivity contribution in [2.75, 3.05) is 0 Å². The topological polar surface area (TPSA) is 97.4 Å². The predicted octanol–water partition coefficient (Wildman–Crippen LogP) is 2.96. The van der Waals surface area contributed by atoms with Crippen LogP contribution in [0.4, 0.5) is 4.39 Å². The number of aromatic nitrogens is 1. The Bertz CT molecular complexity index is 1110. The van der Waals surface area contributed by atoms with E-state index in [1.807, 2.05) is 6.07 Å². The van der Waals surface area contributed by atoms with Gasteiger partial charge in [-0.15, -0.1) is 0 Å². The minimum atomic E-state index is -0.586. The van der Waals surface area contributed by atoms with Crippen LogP contribution in [0.1, 0.15) is 52.0 Å². The lowest BCUT2D eigenvalue weighted by Crippen LogP contribution is -2.45. The zero-order chi connectivity index (χ0) is 21.3. The van der Waals surface area contributed by atoms with Gasteiger partial charge in [0.05, 0.1) is 23.2 Å². The van der Waals surface area contributed by atoms with Crippen molar-refractivity contribution in [3.8, 4) is 0 Å². The third kappa shape index (κ3) is 3.93. The van der Waals surface area contributed by atoms with Gasteiger partial charge in [0.15, 0.2) is 0 Å². The summed E-state index contributed by atoms with van der Waals surface area (Å²) in [5.74, 6) is -1.40. The fourth-order valence-corrected chi connectivity index (χ4v) is 4.16. The normalized spacial score (nSPS) is 19.0. The summed E-state index contributed by atoms with van der Waals surface area (Å²) in [7, 11) is 0. The molecule has 1 aromatic heterocycles. The van der Waals surface area contributed by atoms with Gasteiger partial charge >= 0.3 is 0 Å². The Morgan fingerprint density at radius 1 is 1.17 bits per heavy atom. The van der Waals surface area contributed by atoms with Crippen molar-refractivity contribution >= 4 is 22.7 Å². The molecule has 1 saturated carbocycles. The molecule has 1 aliphatic rings. The average Bonchev–Trinajstić information content (AvgIpc) is 3.10. The van der Waals surface area contributed by atoms with Crippen LogP contribution in [0.2, 0.25) is 0 Å². The number of hydrogen-bond donors (Lipinski definition) is 3. The maximum absolute atomic E-state index is 14.7. The van der Waals surface area contributed by atoms with Crippen LogP contribution >= 0.6 is 0 Å². The molecule has 156 valence electrons. The van der Waals surface area contributed by atoms with E-state index in [1.165, 1.54) is 6.07 Å². The minimum absolute atomic E-state index is 0.229. The number of nitrogens with two attached hydrogens (primary N) is 1. The molecule has 2 aromatic carbocycles. The maximum atomic E-state index is 14.7. The number of halogens is 1. The lowest BCUT2D eigenvalue weighted by atomic mass is 9.92. The van der Waals surface area contributed by atoms with Crippen molar-refractivity contribution < 1.29 is 19.1 Å². The molecule has 2 atom stereocenters. The highest BCUT2D eigenvalue weighted by atomic mass is 19.1. The number of rotatable bonds is 5. The number of aliphatic hydroxyl groups is 1. The van der Waals surface area contributed by atoms with Gasteiger partial charge in [-0.05, 0) is 42.7 Å². The second kappa shape index (κ2) is 8.28. The van der Waals surface area contributed by atoms with E-state index in [-0.39, 0.29) is 17.0 Å². The summed E-state index contributed by atoms with van der Waals surface area (Å²) in [6, 6.07) is 11.2. The highest BCUT2D eigenvalue weighted by Crippen LogP contribution is 2.26. The molecule has 1 heterocycles. The van der Waals surface area contributed by atoms with E-state index in [0.29, 0.717) is 30.5 Å². The molecule has 0 spiro atoms. The number of amides is 2. The van der Waals surface area contributed by atoms with E-state index in [4.69, 9.17) is 5.73 Å². The van der Waals surface area contributed by atoms with Gasteiger partial charge in [-0.25, -0.2) is 4.39 Å². The molecule has 0 aliphatic heterocycles. The number of hydrogen-bond acceptors (Lipinski definition) is 3. The summed E-state index contributed by atoms with van der Waals surface area (Å²) in [5.41, 5.74) is 7.36. The van der Waals surface area contributed by atoms with Gasteiger partial charge < -0.3 is 20.7 Å². The Balaban J connectivity index is 1.68. The number of carbonyl (C=O) groups excluding carboxylic acids is 2. The molecular formula is C23H24FN3O3. The van der Waals surface area contributed by atoms with Crippen molar-refractivity contribution in [2.45, 2.75) is 44.4 Å². The molecule has 7 heteroatoms. The Hall–Kier alpha value is -3.19. The molecule has 4 N–H and O–H groups in total. The second-order valence-electron chi connectivity index (χ2n) is 7.80. The van der Waals surface area contributed by atoms with E-state index < -0.39 is 23.7 Å². The maximum Gasteiger partial charge on any atom is 0.253 e. The summed E-state index contributed by atoms with van der Waals surface area (Å²) < 4.78 is 16.5. The molecule has 6 nitrogen and oxygen atoms in total. The molecular weight excluding hydrogens is 385 g/mol. The lowest BCUT2D eigenvalue weighted by Gasteiger charge is -2.28. The number of fused-ring (bicyclic) bond motifs is 1. The zero-order valence-electron chi connectivity index (χ0n) is 16.5. The van der Waals surface area contributed by atoms with E-state index >= 15 is 0 Å². The van der Waals surface area contributed by atoms with E-state index in [1.54, 1.807) is 41.1 Å². The fourth-order valence-electron chi connectivity index (χ4n) is 4.16. The predicted molar refractivity (Wildman–Crippen MR) is 112 cm³/mol. The molecule has 3 aromatic rings. The smallest absolute Gasteiger partial charge is 0.253 e. The lowest BCUT2D eigenvalue weighted by molar-refractivity contribution is 0.0718. The van der Waals surface area contributed by atoms with Gasteiger partial charge in [0.1, 0.15) is 5.82 Å². The first-order chi connectivity index (χ1) is 14.4. The summed E-state index contributed by atoms with van der Waals surface area (Å²) in [6.07, 6.45) is 4.26. The number of carbonyl (C=O) groups is 2. The van der Waals surface area contributed by atoms with Crippen molar-refractivity contribution in [2.24, 2.45) is 5.73 Å². The van der Waals surface area contributed by atoms with Crippen LogP contribution in [0, 0.1) is 5.82 Å². The molecule has 0 radical (unpaired) electrons. The second-order valence-corrected chi connectivity index (χ2v) is 7.80. The van der Waals surface area contributed by atoms with Gasteiger partial charge in [0, 0.05) is 23.7 Å². The summed E-state index contributed by atoms with van der Waals surface area (Å²) >= 11 is 0. The first-order valence-corrected chi connectivity index (χ1v) is 10.1. The van der Waals surface area contributed by atoms with Crippen LogP contribution in [-0.4, -0.2) is 33.6 Å². The highest BCUT2D eigenvalue weighted by molar-refractivity contribution is 6.07. The van der Waals surface area contributed by atoms with Crippen molar-refractivity contribution in [3.63, 3.8) is 0 Å². The molecule has 2 amide bonds. The summed E-state index contributed by atoms with van der Waals surface area (Å²) in [4.78, 5) is 24.4. The van der Waals surface area contributed by atoms with Crippen LogP contribution in [0.5, 0.6) is 0 Å². The molecule has 30 heavy (non-hydrogen) atoms. The molecule has 1 aliphatic carbocycles. The number of aliphatic hydroxyl groups excluding tert-OH is 1. The van der Waals surface area contributed by atoms with Crippen LogP contribution in [0.3, 0.4) is 0 Å². The zero-order valence-corrected chi connectivity index (χ0v) is 16.5. The minimum Gasteiger partial charge on any atom is -0.391 e. The van der Waals surface area contributed by atoms with Crippen LogP contribution in [-0.2, 0) is 6.54 Å². The quantitative estimate of drug-likeness (QED) is 0.604. The molecule has 4 rings (SSSR count). The summed E-state index contributed by atoms with van der Waals surface area (Å²) in [5, 5.41) is 13.3. The number of benzene rings is 2. The van der Waals surface area contributed by atoms with Crippen LogP contribution in [0.15, 0.2) is 48.7 Å². The molecule has 0 saturated heterocycles. The number of nitrogens with zero attached hydrogens (tertiary/aromatic N) is 1. The van der Waals surface area contributed by atoms with Gasteiger partial charge in [-0.3, -0.25) is 9.59 Å². The van der Waals surface area contributed by atoms with Crippen molar-refractivity contribution in [1.29, 1.82) is 0 Å². The Morgan fingerprint density at radius 2 is 1.93 bits per heavy atom. The van der Waals surface area contributed by atoms with E-state index in [9.17, 15) is 19.1 Å². The van der Waals surface area contributed by atoms with Gasteiger partial charge in [-0.1, -0.05) is 31.0 Å². The Labute approximate surface area is 173 Å². The average molecular weight is 409 g/mol. The van der Waals surface area contributed by atoms with Crippen LogP contribution < -0.4 is 11.1 Å². The third-order valence-electron chi connectivity index (χ3n) is 5.71.